The van der Waals surface area contributed by atoms with Crippen LogP contribution in [-0.4, -0.2) is 17.1 Å². The van der Waals surface area contributed by atoms with E-state index < -0.39 is 12.0 Å². The summed E-state index contributed by atoms with van der Waals surface area (Å²) in [5.74, 6) is -1.62. The molecule has 4 heteroatoms. The van der Waals surface area contributed by atoms with E-state index in [1.165, 1.54) is 6.07 Å². The largest absolute Gasteiger partial charge is 0.480 e. The maximum Gasteiger partial charge on any atom is 0.326 e. The van der Waals surface area contributed by atoms with Crippen molar-refractivity contribution >= 4 is 11.7 Å². The van der Waals surface area contributed by atoms with E-state index >= 15 is 0 Å². The summed E-state index contributed by atoms with van der Waals surface area (Å²) in [6.07, 6.45) is 0. The van der Waals surface area contributed by atoms with Crippen LogP contribution in [0.25, 0.3) is 0 Å². The molecule has 1 aliphatic heterocycles. The van der Waals surface area contributed by atoms with E-state index in [0.29, 0.717) is 11.3 Å². The van der Waals surface area contributed by atoms with Gasteiger partial charge in [-0.15, -0.1) is 0 Å². The third-order valence-corrected chi connectivity index (χ3v) is 2.59. The molecule has 1 aromatic carbocycles. The van der Waals surface area contributed by atoms with Crippen LogP contribution in [0.5, 0.6) is 0 Å². The predicted molar refractivity (Wildman–Crippen MR) is 49.9 cm³/mol. The summed E-state index contributed by atoms with van der Waals surface area (Å²) in [6.45, 7) is 1.71. The molecular formula is C10H10FNO2. The fourth-order valence-corrected chi connectivity index (χ4v) is 1.86. The van der Waals surface area contributed by atoms with Crippen molar-refractivity contribution in [2.24, 2.45) is 0 Å². The highest BCUT2D eigenvalue weighted by Gasteiger charge is 2.35. The van der Waals surface area contributed by atoms with Crippen LogP contribution in [0.1, 0.15) is 18.4 Å². The Bertz CT molecular complexity index is 392. The number of hydrogen-bond acceptors (Lipinski definition) is 2. The fraction of sp³-hybridized carbons (Fsp3) is 0.300. The van der Waals surface area contributed by atoms with Crippen molar-refractivity contribution in [2.75, 3.05) is 5.32 Å². The Kier molecular flexibility index (Phi) is 1.91. The molecule has 1 heterocycles. The second kappa shape index (κ2) is 2.97. The molecule has 0 bridgehead atoms. The summed E-state index contributed by atoms with van der Waals surface area (Å²) < 4.78 is 13.3. The summed E-state index contributed by atoms with van der Waals surface area (Å²) >= 11 is 0. The third-order valence-electron chi connectivity index (χ3n) is 2.59. The van der Waals surface area contributed by atoms with E-state index in [9.17, 15) is 9.18 Å². The summed E-state index contributed by atoms with van der Waals surface area (Å²) in [5.41, 5.74) is 1.06. The van der Waals surface area contributed by atoms with Crippen molar-refractivity contribution in [3.8, 4) is 0 Å². The lowest BCUT2D eigenvalue weighted by Gasteiger charge is -2.10. The van der Waals surface area contributed by atoms with Gasteiger partial charge in [-0.2, -0.15) is 0 Å². The molecule has 14 heavy (non-hydrogen) atoms. The molecule has 0 spiro atoms. The number of nitrogens with one attached hydrogen (secondary N) is 1. The highest BCUT2D eigenvalue weighted by Crippen LogP contribution is 2.37. The van der Waals surface area contributed by atoms with Crippen LogP contribution >= 0.6 is 0 Å². The summed E-state index contributed by atoms with van der Waals surface area (Å²) in [7, 11) is 0. The van der Waals surface area contributed by atoms with Crippen molar-refractivity contribution in [3.63, 3.8) is 0 Å². The lowest BCUT2D eigenvalue weighted by molar-refractivity contribution is -0.138. The lowest BCUT2D eigenvalue weighted by Crippen LogP contribution is -2.28. The van der Waals surface area contributed by atoms with Gasteiger partial charge in [0.05, 0.1) is 0 Å². The topological polar surface area (TPSA) is 49.3 Å². The molecule has 1 aromatic rings. The molecule has 0 fully saturated rings. The first kappa shape index (κ1) is 8.99. The number of halogens is 1. The van der Waals surface area contributed by atoms with Crippen molar-refractivity contribution in [1.29, 1.82) is 0 Å². The first-order valence-corrected chi connectivity index (χ1v) is 4.39. The molecule has 0 saturated heterocycles. The number of carboxylic acid groups (broad SMARTS) is 1. The van der Waals surface area contributed by atoms with E-state index in [1.54, 1.807) is 19.1 Å². The molecule has 2 rings (SSSR count). The average Bonchev–Trinajstić information content (AvgIpc) is 2.45. The summed E-state index contributed by atoms with van der Waals surface area (Å²) in [6, 6.07) is 3.89. The van der Waals surface area contributed by atoms with Gasteiger partial charge in [-0.1, -0.05) is 13.0 Å². The number of rotatable bonds is 1. The van der Waals surface area contributed by atoms with Crippen LogP contribution < -0.4 is 5.32 Å². The molecule has 2 unspecified atom stereocenters. The van der Waals surface area contributed by atoms with Crippen molar-refractivity contribution in [3.05, 3.63) is 29.6 Å². The Labute approximate surface area is 80.6 Å². The van der Waals surface area contributed by atoms with Gasteiger partial charge < -0.3 is 10.4 Å². The highest BCUT2D eigenvalue weighted by atomic mass is 19.1. The molecule has 2 N–H and O–H groups in total. The zero-order valence-corrected chi connectivity index (χ0v) is 7.62. The van der Waals surface area contributed by atoms with Gasteiger partial charge in [0.15, 0.2) is 0 Å². The fourth-order valence-electron chi connectivity index (χ4n) is 1.86. The minimum atomic E-state index is -0.951. The highest BCUT2D eigenvalue weighted by molar-refractivity contribution is 5.82. The Hall–Kier alpha value is -1.58. The zero-order valence-electron chi connectivity index (χ0n) is 7.62. The molecule has 2 atom stereocenters. The van der Waals surface area contributed by atoms with Crippen molar-refractivity contribution in [1.82, 2.24) is 0 Å². The zero-order chi connectivity index (χ0) is 10.3. The van der Waals surface area contributed by atoms with Crippen LogP contribution in [0.4, 0.5) is 10.1 Å². The number of benzene rings is 1. The van der Waals surface area contributed by atoms with Crippen LogP contribution in [-0.2, 0) is 4.79 Å². The van der Waals surface area contributed by atoms with Gasteiger partial charge >= 0.3 is 5.97 Å². The Morgan fingerprint density at radius 2 is 2.29 bits per heavy atom. The first-order valence-electron chi connectivity index (χ1n) is 4.39. The Morgan fingerprint density at radius 3 is 2.86 bits per heavy atom. The molecule has 0 amide bonds. The Morgan fingerprint density at radius 1 is 1.57 bits per heavy atom. The van der Waals surface area contributed by atoms with Crippen molar-refractivity contribution in [2.45, 2.75) is 18.9 Å². The molecule has 0 aromatic heterocycles. The molecule has 0 aliphatic carbocycles. The van der Waals surface area contributed by atoms with Gasteiger partial charge in [-0.05, 0) is 12.1 Å². The molecular weight excluding hydrogens is 185 g/mol. The first-order chi connectivity index (χ1) is 6.61. The molecule has 0 radical (unpaired) electrons. The lowest BCUT2D eigenvalue weighted by atomic mass is 9.97. The molecule has 74 valence electrons. The van der Waals surface area contributed by atoms with E-state index in [2.05, 4.69) is 5.32 Å². The smallest absolute Gasteiger partial charge is 0.326 e. The van der Waals surface area contributed by atoms with Gasteiger partial charge in [0, 0.05) is 17.2 Å². The quantitative estimate of drug-likeness (QED) is 0.718. The minimum Gasteiger partial charge on any atom is -0.480 e. The van der Waals surface area contributed by atoms with E-state index in [0.717, 1.165) is 0 Å². The number of aliphatic carboxylic acids is 1. The number of anilines is 1. The van der Waals surface area contributed by atoms with Crippen LogP contribution in [0.15, 0.2) is 18.2 Å². The molecule has 1 aliphatic rings. The maximum absolute atomic E-state index is 13.3. The number of fused-ring (bicyclic) bond motifs is 1. The Balaban J connectivity index is 2.46. The third kappa shape index (κ3) is 1.14. The maximum atomic E-state index is 13.3. The summed E-state index contributed by atoms with van der Waals surface area (Å²) in [5, 5.41) is 11.6. The molecule has 0 saturated carbocycles. The van der Waals surface area contributed by atoms with Gasteiger partial charge in [-0.3, -0.25) is 0 Å². The van der Waals surface area contributed by atoms with Crippen molar-refractivity contribution < 1.29 is 14.3 Å². The van der Waals surface area contributed by atoms with Crippen LogP contribution in [0, 0.1) is 5.82 Å². The average molecular weight is 195 g/mol. The van der Waals surface area contributed by atoms with E-state index in [1.807, 2.05) is 0 Å². The van der Waals surface area contributed by atoms with E-state index in [-0.39, 0.29) is 11.7 Å². The van der Waals surface area contributed by atoms with Gasteiger partial charge in [0.1, 0.15) is 11.9 Å². The SMILES string of the molecule is CC1c2c(F)cccc2NC1C(=O)O. The number of hydrogen-bond donors (Lipinski definition) is 2. The normalized spacial score (nSPS) is 24.1. The second-order valence-electron chi connectivity index (χ2n) is 3.45. The number of carboxylic acids is 1. The van der Waals surface area contributed by atoms with E-state index in [4.69, 9.17) is 5.11 Å². The predicted octanol–water partition coefficient (Wildman–Crippen LogP) is 1.81. The standard InChI is InChI=1S/C10H10FNO2/c1-5-8-6(11)3-2-4-7(8)12-9(5)10(13)14/h2-5,9,12H,1H3,(H,13,14). The second-order valence-corrected chi connectivity index (χ2v) is 3.45. The van der Waals surface area contributed by atoms with Gasteiger partial charge in [-0.25, -0.2) is 9.18 Å². The number of carbonyl (C=O) groups is 1. The minimum absolute atomic E-state index is 0.330. The van der Waals surface area contributed by atoms with Crippen LogP contribution in [0.2, 0.25) is 0 Å². The van der Waals surface area contributed by atoms with Gasteiger partial charge in [0.2, 0.25) is 0 Å². The monoisotopic (exact) mass is 195 g/mol. The summed E-state index contributed by atoms with van der Waals surface area (Å²) in [4.78, 5) is 10.8. The van der Waals surface area contributed by atoms with Crippen LogP contribution in [0.3, 0.4) is 0 Å². The van der Waals surface area contributed by atoms with Gasteiger partial charge in [0.25, 0.3) is 0 Å². The molecule has 3 nitrogen and oxygen atoms in total.